The van der Waals surface area contributed by atoms with Crippen LogP contribution in [0.1, 0.15) is 0 Å². The van der Waals surface area contributed by atoms with Gasteiger partial charge in [0.05, 0.1) is 5.69 Å². The van der Waals surface area contributed by atoms with Crippen molar-refractivity contribution in [1.29, 1.82) is 0 Å². The van der Waals surface area contributed by atoms with E-state index in [0.717, 1.165) is 26.9 Å². The van der Waals surface area contributed by atoms with E-state index in [4.69, 9.17) is 0 Å². The highest BCUT2D eigenvalue weighted by Gasteiger charge is 2.08. The van der Waals surface area contributed by atoms with E-state index >= 15 is 0 Å². The minimum Gasteiger partial charge on any atom is -0.350 e. The van der Waals surface area contributed by atoms with Crippen molar-refractivity contribution < 1.29 is 0 Å². The summed E-state index contributed by atoms with van der Waals surface area (Å²) < 4.78 is 2.99. The van der Waals surface area contributed by atoms with E-state index in [9.17, 15) is 4.79 Å². The Morgan fingerprint density at radius 3 is 2.33 bits per heavy atom. The molecule has 0 saturated heterocycles. The number of aromatic nitrogens is 1. The minimum atomic E-state index is 0.0364. The molecule has 0 aliphatic heterocycles. The Bertz CT molecular complexity index is 837. The smallest absolute Gasteiger partial charge is 0.190 e. The van der Waals surface area contributed by atoms with E-state index in [-0.39, 0.29) is 5.43 Å². The topological polar surface area (TPSA) is 22.0 Å². The predicted molar refractivity (Wildman–Crippen MR) is 90.3 cm³/mol. The first-order chi connectivity index (χ1) is 10.1. The van der Waals surface area contributed by atoms with Crippen molar-refractivity contribution >= 4 is 15.9 Å². The molecule has 3 rings (SSSR count). The van der Waals surface area contributed by atoms with Crippen molar-refractivity contribution in [3.05, 3.63) is 81.6 Å². The standard InChI is InChI=1S/C18H14BrNO/c1-20-12-16(13-6-3-2-4-7-13)18(21)11-17(20)14-8-5-9-15(19)10-14/h2-12H,1H3. The maximum Gasteiger partial charge on any atom is 0.190 e. The number of aryl methyl sites for hydroxylation is 1. The average Bonchev–Trinajstić information content (AvgIpc) is 2.50. The Morgan fingerprint density at radius 1 is 0.905 bits per heavy atom. The molecule has 0 N–H and O–H groups in total. The van der Waals surface area contributed by atoms with Crippen molar-refractivity contribution in [3.8, 4) is 22.4 Å². The fourth-order valence-corrected chi connectivity index (χ4v) is 2.80. The lowest BCUT2D eigenvalue weighted by atomic mass is 10.0. The van der Waals surface area contributed by atoms with Gasteiger partial charge in [0.15, 0.2) is 5.43 Å². The Hall–Kier alpha value is -2.13. The highest BCUT2D eigenvalue weighted by atomic mass is 79.9. The van der Waals surface area contributed by atoms with Crippen LogP contribution in [0.2, 0.25) is 0 Å². The van der Waals surface area contributed by atoms with Crippen LogP contribution in [-0.2, 0) is 7.05 Å². The summed E-state index contributed by atoms with van der Waals surface area (Å²) in [5.41, 5.74) is 3.62. The second-order valence-electron chi connectivity index (χ2n) is 4.92. The molecule has 0 unspecified atom stereocenters. The number of pyridine rings is 1. The van der Waals surface area contributed by atoms with Crippen LogP contribution in [0, 0.1) is 0 Å². The molecule has 0 spiro atoms. The summed E-state index contributed by atoms with van der Waals surface area (Å²) in [6.45, 7) is 0. The molecule has 0 bridgehead atoms. The van der Waals surface area contributed by atoms with Gasteiger partial charge in [0.1, 0.15) is 0 Å². The van der Waals surface area contributed by atoms with Gasteiger partial charge in [-0.15, -0.1) is 0 Å². The van der Waals surface area contributed by atoms with Gasteiger partial charge in [0.25, 0.3) is 0 Å². The molecule has 2 nitrogen and oxygen atoms in total. The zero-order valence-electron chi connectivity index (χ0n) is 11.6. The van der Waals surface area contributed by atoms with Gasteiger partial charge in [-0.05, 0) is 23.3 Å². The summed E-state index contributed by atoms with van der Waals surface area (Å²) in [5, 5.41) is 0. The fourth-order valence-electron chi connectivity index (χ4n) is 2.40. The predicted octanol–water partition coefficient (Wildman–Crippen LogP) is 4.48. The molecule has 21 heavy (non-hydrogen) atoms. The van der Waals surface area contributed by atoms with Crippen molar-refractivity contribution in [1.82, 2.24) is 4.57 Å². The molecule has 104 valence electrons. The van der Waals surface area contributed by atoms with E-state index in [0.29, 0.717) is 0 Å². The molecule has 0 atom stereocenters. The number of hydrogen-bond acceptors (Lipinski definition) is 1. The molecule has 3 aromatic rings. The zero-order chi connectivity index (χ0) is 14.8. The first-order valence-corrected chi connectivity index (χ1v) is 7.46. The van der Waals surface area contributed by atoms with Gasteiger partial charge in [-0.25, -0.2) is 0 Å². The van der Waals surface area contributed by atoms with Crippen LogP contribution in [-0.4, -0.2) is 4.57 Å². The van der Waals surface area contributed by atoms with Crippen LogP contribution < -0.4 is 5.43 Å². The van der Waals surface area contributed by atoms with Gasteiger partial charge in [-0.3, -0.25) is 4.79 Å². The van der Waals surface area contributed by atoms with Gasteiger partial charge in [0.2, 0.25) is 0 Å². The average molecular weight is 340 g/mol. The fraction of sp³-hybridized carbons (Fsp3) is 0.0556. The van der Waals surface area contributed by atoms with Crippen LogP contribution in [0.15, 0.2) is 76.1 Å². The number of rotatable bonds is 2. The molecule has 0 aliphatic rings. The molecule has 0 saturated carbocycles. The molecule has 0 amide bonds. The summed E-state index contributed by atoms with van der Waals surface area (Å²) >= 11 is 3.47. The summed E-state index contributed by atoms with van der Waals surface area (Å²) in [7, 11) is 1.96. The van der Waals surface area contributed by atoms with Gasteiger partial charge in [0, 0.05) is 29.3 Å². The van der Waals surface area contributed by atoms with Crippen LogP contribution in [0.5, 0.6) is 0 Å². The van der Waals surface area contributed by atoms with Gasteiger partial charge < -0.3 is 4.57 Å². The largest absolute Gasteiger partial charge is 0.350 e. The van der Waals surface area contributed by atoms with E-state index in [2.05, 4.69) is 15.9 Å². The van der Waals surface area contributed by atoms with Gasteiger partial charge in [-0.2, -0.15) is 0 Å². The van der Waals surface area contributed by atoms with E-state index in [1.165, 1.54) is 0 Å². The normalized spacial score (nSPS) is 10.6. The third-order valence-electron chi connectivity index (χ3n) is 3.44. The maximum absolute atomic E-state index is 12.4. The molecule has 0 aliphatic carbocycles. The lowest BCUT2D eigenvalue weighted by molar-refractivity contribution is 0.912. The van der Waals surface area contributed by atoms with Crippen LogP contribution in [0.25, 0.3) is 22.4 Å². The molecule has 0 fully saturated rings. The first-order valence-electron chi connectivity index (χ1n) is 6.67. The summed E-state index contributed by atoms with van der Waals surface area (Å²) in [5.74, 6) is 0. The second-order valence-corrected chi connectivity index (χ2v) is 5.84. The summed E-state index contributed by atoms with van der Waals surface area (Å²) in [6.07, 6.45) is 1.90. The molecule has 3 heteroatoms. The second kappa shape index (κ2) is 5.70. The monoisotopic (exact) mass is 339 g/mol. The molecule has 1 heterocycles. The first kappa shape index (κ1) is 13.8. The maximum atomic E-state index is 12.4. The molecular weight excluding hydrogens is 326 g/mol. The lowest BCUT2D eigenvalue weighted by Crippen LogP contribution is -2.09. The number of benzene rings is 2. The Labute approximate surface area is 131 Å². The van der Waals surface area contributed by atoms with Crippen LogP contribution >= 0.6 is 15.9 Å². The van der Waals surface area contributed by atoms with Crippen molar-refractivity contribution in [3.63, 3.8) is 0 Å². The Balaban J connectivity index is 2.15. The van der Waals surface area contributed by atoms with Gasteiger partial charge >= 0.3 is 0 Å². The SMILES string of the molecule is Cn1cc(-c2ccccc2)c(=O)cc1-c1cccc(Br)c1. The zero-order valence-corrected chi connectivity index (χ0v) is 13.2. The van der Waals surface area contributed by atoms with E-state index in [1.54, 1.807) is 6.07 Å². The van der Waals surface area contributed by atoms with Crippen molar-refractivity contribution in [2.24, 2.45) is 7.05 Å². The Kier molecular flexibility index (Phi) is 3.76. The minimum absolute atomic E-state index is 0.0364. The third-order valence-corrected chi connectivity index (χ3v) is 3.93. The number of hydrogen-bond donors (Lipinski definition) is 0. The highest BCUT2D eigenvalue weighted by Crippen LogP contribution is 2.23. The van der Waals surface area contributed by atoms with Crippen molar-refractivity contribution in [2.45, 2.75) is 0 Å². The Morgan fingerprint density at radius 2 is 1.62 bits per heavy atom. The highest BCUT2D eigenvalue weighted by molar-refractivity contribution is 9.10. The third kappa shape index (κ3) is 2.83. The van der Waals surface area contributed by atoms with Crippen molar-refractivity contribution in [2.75, 3.05) is 0 Å². The summed E-state index contributed by atoms with van der Waals surface area (Å²) in [4.78, 5) is 12.4. The van der Waals surface area contributed by atoms with Crippen LogP contribution in [0.4, 0.5) is 0 Å². The number of halogens is 1. The number of nitrogens with zero attached hydrogens (tertiary/aromatic N) is 1. The lowest BCUT2D eigenvalue weighted by Gasteiger charge is -2.11. The quantitative estimate of drug-likeness (QED) is 0.674. The molecule has 2 aromatic carbocycles. The van der Waals surface area contributed by atoms with E-state index in [1.807, 2.05) is 72.4 Å². The van der Waals surface area contributed by atoms with E-state index < -0.39 is 0 Å². The van der Waals surface area contributed by atoms with Gasteiger partial charge in [-0.1, -0.05) is 58.4 Å². The molecule has 0 radical (unpaired) electrons. The molecular formula is C18H14BrNO. The summed E-state index contributed by atoms with van der Waals surface area (Å²) in [6, 6.07) is 19.4. The molecule has 1 aromatic heterocycles. The van der Waals surface area contributed by atoms with Crippen LogP contribution in [0.3, 0.4) is 0 Å².